The van der Waals surface area contributed by atoms with Crippen molar-refractivity contribution in [1.29, 1.82) is 0 Å². The summed E-state index contributed by atoms with van der Waals surface area (Å²) >= 11 is 0. The molecule has 2 aromatic carbocycles. The van der Waals surface area contributed by atoms with Crippen LogP contribution in [0.3, 0.4) is 0 Å². The van der Waals surface area contributed by atoms with Crippen molar-refractivity contribution in [3.05, 3.63) is 54.1 Å². The van der Waals surface area contributed by atoms with Crippen molar-refractivity contribution >= 4 is 11.5 Å². The van der Waals surface area contributed by atoms with Gasteiger partial charge in [0.2, 0.25) is 0 Å². The predicted octanol–water partition coefficient (Wildman–Crippen LogP) is 4.84. The van der Waals surface area contributed by atoms with E-state index in [0.29, 0.717) is 13.0 Å². The first-order valence-electron chi connectivity index (χ1n) is 10.6. The summed E-state index contributed by atoms with van der Waals surface area (Å²) in [5.41, 5.74) is 1.58. The monoisotopic (exact) mass is 411 g/mol. The van der Waals surface area contributed by atoms with Gasteiger partial charge in [0.15, 0.2) is 5.78 Å². The van der Waals surface area contributed by atoms with Crippen molar-refractivity contribution in [2.24, 2.45) is 0 Å². The third kappa shape index (κ3) is 5.33. The molecule has 1 heterocycles. The number of Topliss-reactive ketones (excluding diaryl/α,β-unsaturated/α-hetero) is 1. The van der Waals surface area contributed by atoms with Gasteiger partial charge in [0.05, 0.1) is 19.7 Å². The summed E-state index contributed by atoms with van der Waals surface area (Å²) in [4.78, 5) is 14.7. The lowest BCUT2D eigenvalue weighted by Gasteiger charge is -2.40. The molecule has 1 atom stereocenters. The summed E-state index contributed by atoms with van der Waals surface area (Å²) < 4.78 is 16.9. The number of rotatable bonds is 10. The maximum Gasteiger partial charge on any atom is 0.164 e. The highest BCUT2D eigenvalue weighted by atomic mass is 16.5. The first-order valence-corrected chi connectivity index (χ1v) is 10.6. The summed E-state index contributed by atoms with van der Waals surface area (Å²) in [5.74, 6) is 2.02. The summed E-state index contributed by atoms with van der Waals surface area (Å²) in [6.07, 6.45) is 0.643. The number of carbonyl (C=O) groups excluding carboxylic acids is 1. The zero-order valence-electron chi connectivity index (χ0n) is 18.7. The Balaban J connectivity index is 1.48. The highest BCUT2D eigenvalue weighted by Crippen LogP contribution is 2.28. The van der Waals surface area contributed by atoms with E-state index in [-0.39, 0.29) is 17.8 Å². The van der Waals surface area contributed by atoms with Crippen LogP contribution in [0.2, 0.25) is 0 Å². The van der Waals surface area contributed by atoms with Crippen LogP contribution >= 0.6 is 0 Å². The molecule has 1 saturated heterocycles. The van der Waals surface area contributed by atoms with E-state index >= 15 is 0 Å². The lowest BCUT2D eigenvalue weighted by atomic mass is 9.90. The highest BCUT2D eigenvalue weighted by molar-refractivity contribution is 5.87. The van der Waals surface area contributed by atoms with Gasteiger partial charge < -0.3 is 19.1 Å². The molecule has 5 heteroatoms. The summed E-state index contributed by atoms with van der Waals surface area (Å²) in [5, 5.41) is 0. The Morgan fingerprint density at radius 2 is 1.67 bits per heavy atom. The number of ether oxygens (including phenoxy) is 3. The third-order valence-electron chi connectivity index (χ3n) is 5.79. The molecule has 0 radical (unpaired) electrons. The van der Waals surface area contributed by atoms with Gasteiger partial charge in [0.25, 0.3) is 0 Å². The zero-order valence-corrected chi connectivity index (χ0v) is 18.7. The fourth-order valence-corrected chi connectivity index (χ4v) is 3.47. The van der Waals surface area contributed by atoms with Gasteiger partial charge in [-0.05, 0) is 68.7 Å². The summed E-state index contributed by atoms with van der Waals surface area (Å²) in [7, 11) is 1.58. The fraction of sp³-hybridized carbons (Fsp3) is 0.480. The number of hydrogen-bond acceptors (Lipinski definition) is 5. The molecule has 5 nitrogen and oxygen atoms in total. The minimum Gasteiger partial charge on any atom is -0.494 e. The maximum atomic E-state index is 12.4. The van der Waals surface area contributed by atoms with Crippen molar-refractivity contribution in [1.82, 2.24) is 0 Å². The second kappa shape index (κ2) is 9.52. The second-order valence-electron chi connectivity index (χ2n) is 8.38. The largest absolute Gasteiger partial charge is 0.494 e. The molecule has 30 heavy (non-hydrogen) atoms. The van der Waals surface area contributed by atoms with Crippen LogP contribution in [0.25, 0.3) is 0 Å². The molecule has 0 N–H and O–H groups in total. The number of nitrogens with zero attached hydrogens (tertiary/aromatic N) is 1. The number of hydrogen-bond donors (Lipinski definition) is 0. The molecule has 0 spiro atoms. The average Bonchev–Trinajstić information content (AvgIpc) is 2.71. The Bertz CT molecular complexity index is 823. The van der Waals surface area contributed by atoms with Crippen molar-refractivity contribution in [2.45, 2.75) is 51.7 Å². The summed E-state index contributed by atoms with van der Waals surface area (Å²) in [6, 6.07) is 16.3. The van der Waals surface area contributed by atoms with E-state index in [4.69, 9.17) is 14.2 Å². The van der Waals surface area contributed by atoms with Crippen LogP contribution in [0.1, 0.15) is 45.6 Å². The average molecular weight is 412 g/mol. The normalized spacial score (nSPS) is 15.4. The topological polar surface area (TPSA) is 48.0 Å². The van der Waals surface area contributed by atoms with Crippen LogP contribution in [-0.4, -0.2) is 44.3 Å². The maximum absolute atomic E-state index is 12.4. The smallest absolute Gasteiger partial charge is 0.164 e. The molecule has 3 rings (SSSR count). The van der Waals surface area contributed by atoms with Gasteiger partial charge in [-0.2, -0.15) is 0 Å². The van der Waals surface area contributed by atoms with Crippen LogP contribution in [0.5, 0.6) is 11.5 Å². The quantitative estimate of drug-likeness (QED) is 0.560. The molecule has 0 unspecified atom stereocenters. The zero-order chi connectivity index (χ0) is 21.7. The van der Waals surface area contributed by atoms with E-state index in [9.17, 15) is 4.79 Å². The van der Waals surface area contributed by atoms with Gasteiger partial charge >= 0.3 is 0 Å². The number of anilines is 1. The van der Waals surface area contributed by atoms with Crippen LogP contribution in [0.15, 0.2) is 48.5 Å². The van der Waals surface area contributed by atoms with E-state index in [0.717, 1.165) is 30.2 Å². The second-order valence-corrected chi connectivity index (χ2v) is 8.38. The van der Waals surface area contributed by atoms with Gasteiger partial charge in [0, 0.05) is 19.2 Å². The molecule has 0 saturated carbocycles. The molecule has 0 aromatic heterocycles. The van der Waals surface area contributed by atoms with Crippen molar-refractivity contribution < 1.29 is 19.0 Å². The number of ketones is 1. The van der Waals surface area contributed by atoms with Gasteiger partial charge in [-0.3, -0.25) is 4.79 Å². The standard InChI is InChI=1S/C25H33NO4/c1-6-29-21-13-9-20(10-14-21)26-16-23(17-26)30-22-11-7-19(8-12-22)18(2)15-24(27)25(3,4)28-5/h7-14,18,23H,6,15-17H2,1-5H3/t18-/m1/s1. The Labute approximate surface area is 179 Å². The van der Waals surface area contributed by atoms with Crippen molar-refractivity contribution in [2.75, 3.05) is 31.7 Å². The molecule has 1 aliphatic heterocycles. The molecule has 1 fully saturated rings. The molecule has 0 amide bonds. The minimum absolute atomic E-state index is 0.113. The number of methoxy groups -OCH3 is 1. The van der Waals surface area contributed by atoms with Gasteiger partial charge in [-0.15, -0.1) is 0 Å². The molecule has 162 valence electrons. The van der Waals surface area contributed by atoms with Gasteiger partial charge in [-0.25, -0.2) is 0 Å². The lowest BCUT2D eigenvalue weighted by molar-refractivity contribution is -0.137. The summed E-state index contributed by atoms with van der Waals surface area (Å²) in [6.45, 7) is 10.1. The Morgan fingerprint density at radius 3 is 2.23 bits per heavy atom. The SMILES string of the molecule is CCOc1ccc(N2CC(Oc3ccc([C@H](C)CC(=O)C(C)(C)OC)cc3)C2)cc1. The Morgan fingerprint density at radius 1 is 1.07 bits per heavy atom. The Hall–Kier alpha value is -2.53. The molecule has 1 aliphatic rings. The lowest BCUT2D eigenvalue weighted by Crippen LogP contribution is -2.54. The van der Waals surface area contributed by atoms with E-state index in [1.165, 1.54) is 5.69 Å². The molecular weight excluding hydrogens is 378 g/mol. The van der Waals surface area contributed by atoms with Crippen molar-refractivity contribution in [3.63, 3.8) is 0 Å². The van der Waals surface area contributed by atoms with Gasteiger partial charge in [-0.1, -0.05) is 19.1 Å². The van der Waals surface area contributed by atoms with E-state index in [1.54, 1.807) is 7.11 Å². The highest BCUT2D eigenvalue weighted by Gasteiger charge is 2.29. The molecule has 2 aromatic rings. The van der Waals surface area contributed by atoms with Crippen molar-refractivity contribution in [3.8, 4) is 11.5 Å². The number of carbonyl (C=O) groups is 1. The molecule has 0 bridgehead atoms. The van der Waals surface area contributed by atoms with E-state index < -0.39 is 5.60 Å². The van der Waals surface area contributed by atoms with E-state index in [2.05, 4.69) is 36.1 Å². The first-order chi connectivity index (χ1) is 14.3. The van der Waals surface area contributed by atoms with Crippen LogP contribution < -0.4 is 14.4 Å². The fourth-order valence-electron chi connectivity index (χ4n) is 3.47. The van der Waals surface area contributed by atoms with Crippen LogP contribution in [0, 0.1) is 0 Å². The van der Waals surface area contributed by atoms with Crippen LogP contribution in [-0.2, 0) is 9.53 Å². The molecule has 0 aliphatic carbocycles. The molecular formula is C25H33NO4. The third-order valence-corrected chi connectivity index (χ3v) is 5.79. The first kappa shape index (κ1) is 22.2. The minimum atomic E-state index is -0.739. The number of benzene rings is 2. The Kier molecular flexibility index (Phi) is 7.03. The van der Waals surface area contributed by atoms with E-state index in [1.807, 2.05) is 45.0 Å². The predicted molar refractivity (Wildman–Crippen MR) is 120 cm³/mol. The van der Waals surface area contributed by atoms with Gasteiger partial charge in [0.1, 0.15) is 23.2 Å². The van der Waals surface area contributed by atoms with Crippen LogP contribution in [0.4, 0.5) is 5.69 Å².